The summed E-state index contributed by atoms with van der Waals surface area (Å²) < 4.78 is 0. The smallest absolute Gasteiger partial charge is 0.326 e. The Morgan fingerprint density at radius 1 is 0.962 bits per heavy atom. The van der Waals surface area contributed by atoms with Gasteiger partial charge in [0.25, 0.3) is 0 Å². The van der Waals surface area contributed by atoms with Crippen LogP contribution in [0.15, 0.2) is 60.7 Å². The average molecular weight is 351 g/mol. The molecule has 0 aliphatic heterocycles. The number of rotatable bonds is 4. The molecule has 26 heavy (non-hydrogen) atoms. The van der Waals surface area contributed by atoms with E-state index in [0.717, 1.165) is 17.8 Å². The van der Waals surface area contributed by atoms with E-state index in [0.29, 0.717) is 17.8 Å². The molecule has 1 aliphatic rings. The minimum absolute atomic E-state index is 0.0350. The van der Waals surface area contributed by atoms with Crippen LogP contribution in [0.4, 0.5) is 16.2 Å². The Morgan fingerprint density at radius 3 is 2.00 bits per heavy atom. The number of amides is 2. The Labute approximate surface area is 157 Å². The lowest BCUT2D eigenvalue weighted by Gasteiger charge is -2.38. The van der Waals surface area contributed by atoms with Crippen molar-refractivity contribution < 1.29 is 4.79 Å². The highest BCUT2D eigenvalue weighted by Crippen LogP contribution is 2.34. The summed E-state index contributed by atoms with van der Waals surface area (Å²) in [6.45, 7) is 6.83. The molecule has 3 rings (SSSR count). The van der Waals surface area contributed by atoms with Gasteiger partial charge < -0.3 is 5.32 Å². The first-order valence-corrected chi connectivity index (χ1v) is 9.77. The molecule has 3 nitrogen and oxygen atoms in total. The zero-order valence-corrected chi connectivity index (χ0v) is 16.1. The van der Waals surface area contributed by atoms with Gasteiger partial charge in [-0.15, -0.1) is 0 Å². The number of para-hydroxylation sites is 2. The summed E-state index contributed by atoms with van der Waals surface area (Å²) in [7, 11) is 0. The quantitative estimate of drug-likeness (QED) is 0.721. The minimum atomic E-state index is -0.0350. The molecule has 2 aromatic rings. The lowest BCUT2D eigenvalue weighted by molar-refractivity contribution is 0.171. The fraction of sp³-hybridized carbons (Fsp3) is 0.435. The van der Waals surface area contributed by atoms with Crippen molar-refractivity contribution in [2.24, 2.45) is 17.8 Å². The number of anilines is 2. The van der Waals surface area contributed by atoms with Crippen molar-refractivity contribution in [1.82, 2.24) is 5.32 Å². The zero-order valence-electron chi connectivity index (χ0n) is 16.1. The number of carbonyl (C=O) groups is 1. The Kier molecular flexibility index (Phi) is 5.97. The van der Waals surface area contributed by atoms with E-state index in [1.54, 1.807) is 4.90 Å². The molecule has 138 valence electrons. The summed E-state index contributed by atoms with van der Waals surface area (Å²) in [5.74, 6) is 1.79. The van der Waals surface area contributed by atoms with Crippen molar-refractivity contribution in [2.45, 2.75) is 46.1 Å². The van der Waals surface area contributed by atoms with Crippen molar-refractivity contribution in [3.63, 3.8) is 0 Å². The van der Waals surface area contributed by atoms with Crippen LogP contribution in [0, 0.1) is 17.8 Å². The van der Waals surface area contributed by atoms with E-state index in [1.807, 2.05) is 60.7 Å². The zero-order chi connectivity index (χ0) is 18.5. The topological polar surface area (TPSA) is 32.3 Å². The maximum absolute atomic E-state index is 13.3. The second kappa shape index (κ2) is 8.39. The van der Waals surface area contributed by atoms with E-state index in [9.17, 15) is 4.79 Å². The van der Waals surface area contributed by atoms with Gasteiger partial charge in [-0.3, -0.25) is 4.90 Å². The van der Waals surface area contributed by atoms with Crippen molar-refractivity contribution >= 4 is 17.4 Å². The molecule has 1 fully saturated rings. The first-order valence-electron chi connectivity index (χ1n) is 9.77. The van der Waals surface area contributed by atoms with Crippen LogP contribution in [0.3, 0.4) is 0 Å². The first kappa shape index (κ1) is 18.5. The molecule has 0 unspecified atom stereocenters. The van der Waals surface area contributed by atoms with E-state index in [1.165, 1.54) is 12.8 Å². The molecule has 1 aliphatic carbocycles. The molecule has 2 aromatic carbocycles. The van der Waals surface area contributed by atoms with Gasteiger partial charge in [-0.2, -0.15) is 0 Å². The molecule has 0 bridgehead atoms. The third-order valence-corrected chi connectivity index (χ3v) is 5.56. The normalized spacial score (nSPS) is 22.8. The largest absolute Gasteiger partial charge is 0.334 e. The summed E-state index contributed by atoms with van der Waals surface area (Å²) in [6.07, 6.45) is 3.52. The molecule has 0 saturated heterocycles. The summed E-state index contributed by atoms with van der Waals surface area (Å²) in [5, 5.41) is 3.36. The van der Waals surface area contributed by atoms with Gasteiger partial charge in [0.1, 0.15) is 0 Å². The number of benzene rings is 2. The molecule has 3 heteroatoms. The van der Waals surface area contributed by atoms with Crippen LogP contribution >= 0.6 is 0 Å². The second-order valence-electron chi connectivity index (χ2n) is 7.89. The van der Waals surface area contributed by atoms with E-state index in [-0.39, 0.29) is 12.1 Å². The monoisotopic (exact) mass is 350 g/mol. The van der Waals surface area contributed by atoms with Crippen LogP contribution in [0.25, 0.3) is 0 Å². The molecular weight excluding hydrogens is 320 g/mol. The van der Waals surface area contributed by atoms with Gasteiger partial charge in [-0.1, -0.05) is 63.6 Å². The molecule has 0 radical (unpaired) electrons. The summed E-state index contributed by atoms with van der Waals surface area (Å²) in [5.41, 5.74) is 1.78. The number of carbonyl (C=O) groups excluding carboxylic acids is 1. The molecule has 0 spiro atoms. The van der Waals surface area contributed by atoms with Crippen LogP contribution < -0.4 is 10.2 Å². The van der Waals surface area contributed by atoms with Gasteiger partial charge >= 0.3 is 6.03 Å². The highest BCUT2D eigenvalue weighted by Gasteiger charge is 2.33. The first-order chi connectivity index (χ1) is 12.6. The van der Waals surface area contributed by atoms with E-state index in [2.05, 4.69) is 26.1 Å². The molecule has 0 aromatic heterocycles. The predicted octanol–water partition coefficient (Wildman–Crippen LogP) is 6.00. The van der Waals surface area contributed by atoms with E-state index in [4.69, 9.17) is 0 Å². The molecule has 0 heterocycles. The molecular formula is C23H30N2O. The number of nitrogens with one attached hydrogen (secondary N) is 1. The molecule has 1 saturated carbocycles. The van der Waals surface area contributed by atoms with Crippen LogP contribution in [0.2, 0.25) is 0 Å². The van der Waals surface area contributed by atoms with Gasteiger partial charge in [0, 0.05) is 6.04 Å². The van der Waals surface area contributed by atoms with Crippen LogP contribution in [-0.4, -0.2) is 12.1 Å². The van der Waals surface area contributed by atoms with E-state index < -0.39 is 0 Å². The lowest BCUT2D eigenvalue weighted by atomic mass is 9.74. The Bertz CT molecular complexity index is 659. The predicted molar refractivity (Wildman–Crippen MR) is 109 cm³/mol. The summed E-state index contributed by atoms with van der Waals surface area (Å²) in [6, 6.07) is 20.0. The van der Waals surface area contributed by atoms with Crippen LogP contribution in [0.5, 0.6) is 0 Å². The van der Waals surface area contributed by atoms with Crippen molar-refractivity contribution in [3.8, 4) is 0 Å². The number of urea groups is 1. The van der Waals surface area contributed by atoms with Crippen molar-refractivity contribution in [1.29, 1.82) is 0 Å². The van der Waals surface area contributed by atoms with Gasteiger partial charge in [0.05, 0.1) is 11.4 Å². The van der Waals surface area contributed by atoms with Gasteiger partial charge in [0.2, 0.25) is 0 Å². The summed E-state index contributed by atoms with van der Waals surface area (Å²) in [4.78, 5) is 15.1. The van der Waals surface area contributed by atoms with Gasteiger partial charge in [0.15, 0.2) is 0 Å². The Hall–Kier alpha value is -2.29. The standard InChI is InChI=1S/C23H30N2O/c1-17(2)21-15-14-18(3)16-22(21)24-23(26)25(19-10-6-4-7-11-19)20-12-8-5-9-13-20/h4-13,17-18,21-22H,14-16H2,1-3H3,(H,24,26)/t18-,21+,22-/m1/s1. The third-order valence-electron chi connectivity index (χ3n) is 5.56. The lowest BCUT2D eigenvalue weighted by Crippen LogP contribution is -2.49. The number of nitrogens with zero attached hydrogens (tertiary/aromatic N) is 1. The molecule has 2 amide bonds. The van der Waals surface area contributed by atoms with Crippen molar-refractivity contribution in [2.75, 3.05) is 4.90 Å². The third kappa shape index (κ3) is 4.27. The van der Waals surface area contributed by atoms with Crippen molar-refractivity contribution in [3.05, 3.63) is 60.7 Å². The number of hydrogen-bond acceptors (Lipinski definition) is 1. The highest BCUT2D eigenvalue weighted by molar-refractivity contribution is 5.99. The van der Waals surface area contributed by atoms with E-state index >= 15 is 0 Å². The molecule has 1 N–H and O–H groups in total. The van der Waals surface area contributed by atoms with Gasteiger partial charge in [-0.05, 0) is 54.9 Å². The maximum atomic E-state index is 13.3. The second-order valence-corrected chi connectivity index (χ2v) is 7.89. The Morgan fingerprint density at radius 2 is 1.50 bits per heavy atom. The molecule has 3 atom stereocenters. The SMILES string of the molecule is CC(C)[C@@H]1CC[C@@H](C)C[C@H]1NC(=O)N(c1ccccc1)c1ccccc1. The highest BCUT2D eigenvalue weighted by atomic mass is 16.2. The minimum Gasteiger partial charge on any atom is -0.334 e. The maximum Gasteiger partial charge on any atom is 0.326 e. The fourth-order valence-electron chi connectivity index (χ4n) is 4.13. The summed E-state index contributed by atoms with van der Waals surface area (Å²) >= 11 is 0. The average Bonchev–Trinajstić information content (AvgIpc) is 2.63. The number of hydrogen-bond donors (Lipinski definition) is 1. The fourth-order valence-corrected chi connectivity index (χ4v) is 4.13. The van der Waals surface area contributed by atoms with Crippen LogP contribution in [0.1, 0.15) is 40.0 Å². The van der Waals surface area contributed by atoms with Gasteiger partial charge in [-0.25, -0.2) is 4.79 Å². The van der Waals surface area contributed by atoms with Crippen LogP contribution in [-0.2, 0) is 0 Å². The Balaban J connectivity index is 1.86.